The monoisotopic (exact) mass is 241 g/mol. The van der Waals surface area contributed by atoms with Crippen molar-refractivity contribution in [1.82, 2.24) is 10.2 Å². The van der Waals surface area contributed by atoms with Gasteiger partial charge in [0.25, 0.3) is 0 Å². The Labute approximate surface area is 95.5 Å². The number of alkyl halides is 3. The molecule has 17 heavy (non-hydrogen) atoms. The molecule has 0 aliphatic carbocycles. The number of hydrogen-bond donors (Lipinski definition) is 2. The van der Waals surface area contributed by atoms with Crippen molar-refractivity contribution in [3.05, 3.63) is 35.4 Å². The molecule has 0 saturated heterocycles. The normalized spacial score (nSPS) is 11.8. The second-order valence-corrected chi connectivity index (χ2v) is 3.68. The molecule has 6 heteroatoms. The smallest absolute Gasteiger partial charge is 0.382 e. The van der Waals surface area contributed by atoms with E-state index in [1.54, 1.807) is 6.92 Å². The molecule has 0 spiro atoms. The Balaban J connectivity index is 2.40. The minimum atomic E-state index is -4.32. The predicted octanol–water partition coefficient (Wildman–Crippen LogP) is 2.99. The van der Waals surface area contributed by atoms with Gasteiger partial charge in [-0.3, -0.25) is 5.10 Å². The van der Waals surface area contributed by atoms with Crippen LogP contribution in [-0.4, -0.2) is 10.2 Å². The van der Waals surface area contributed by atoms with Crippen LogP contribution in [0.25, 0.3) is 11.3 Å². The molecule has 3 nitrogen and oxygen atoms in total. The number of halogens is 3. The highest BCUT2D eigenvalue weighted by molar-refractivity contribution is 5.67. The van der Waals surface area contributed by atoms with Gasteiger partial charge < -0.3 is 5.73 Å². The maximum Gasteiger partial charge on any atom is 0.416 e. The van der Waals surface area contributed by atoms with Crippen molar-refractivity contribution in [3.8, 4) is 11.3 Å². The maximum atomic E-state index is 12.4. The van der Waals surface area contributed by atoms with Gasteiger partial charge in [-0.05, 0) is 24.6 Å². The average molecular weight is 241 g/mol. The van der Waals surface area contributed by atoms with Crippen LogP contribution in [0.3, 0.4) is 0 Å². The molecule has 1 heterocycles. The summed E-state index contributed by atoms with van der Waals surface area (Å²) in [4.78, 5) is 0. The van der Waals surface area contributed by atoms with Gasteiger partial charge in [-0.1, -0.05) is 12.1 Å². The molecular weight excluding hydrogens is 231 g/mol. The molecule has 2 aromatic rings. The van der Waals surface area contributed by atoms with E-state index in [9.17, 15) is 13.2 Å². The van der Waals surface area contributed by atoms with Crippen molar-refractivity contribution in [2.24, 2.45) is 0 Å². The van der Waals surface area contributed by atoms with Gasteiger partial charge in [0.15, 0.2) is 0 Å². The highest BCUT2D eigenvalue weighted by atomic mass is 19.4. The van der Waals surface area contributed by atoms with Crippen molar-refractivity contribution in [3.63, 3.8) is 0 Å². The molecule has 0 atom stereocenters. The van der Waals surface area contributed by atoms with Crippen LogP contribution in [0.5, 0.6) is 0 Å². The fourth-order valence-electron chi connectivity index (χ4n) is 1.52. The van der Waals surface area contributed by atoms with Gasteiger partial charge in [0.1, 0.15) is 5.82 Å². The Hall–Kier alpha value is -1.98. The van der Waals surface area contributed by atoms with Crippen LogP contribution in [0.4, 0.5) is 19.0 Å². The number of aromatic amines is 1. The van der Waals surface area contributed by atoms with E-state index in [1.165, 1.54) is 12.1 Å². The second-order valence-electron chi connectivity index (χ2n) is 3.68. The number of anilines is 1. The molecule has 2 rings (SSSR count). The zero-order valence-corrected chi connectivity index (χ0v) is 8.97. The van der Waals surface area contributed by atoms with E-state index in [2.05, 4.69) is 10.2 Å². The Morgan fingerprint density at radius 1 is 1.18 bits per heavy atom. The van der Waals surface area contributed by atoms with Gasteiger partial charge in [-0.15, -0.1) is 0 Å². The van der Waals surface area contributed by atoms with Crippen LogP contribution in [0, 0.1) is 6.92 Å². The van der Waals surface area contributed by atoms with E-state index >= 15 is 0 Å². The van der Waals surface area contributed by atoms with Gasteiger partial charge in [0.2, 0.25) is 0 Å². The van der Waals surface area contributed by atoms with E-state index in [0.29, 0.717) is 17.1 Å². The number of nitrogens with zero attached hydrogens (tertiary/aromatic N) is 1. The van der Waals surface area contributed by atoms with Gasteiger partial charge in [-0.25, -0.2) is 0 Å². The van der Waals surface area contributed by atoms with Gasteiger partial charge in [0, 0.05) is 5.56 Å². The fraction of sp³-hybridized carbons (Fsp3) is 0.182. The third-order valence-electron chi connectivity index (χ3n) is 2.55. The lowest BCUT2D eigenvalue weighted by molar-refractivity contribution is -0.137. The number of H-pyrrole nitrogens is 1. The summed E-state index contributed by atoms with van der Waals surface area (Å²) in [6.45, 7) is 1.76. The van der Waals surface area contributed by atoms with E-state index in [1.807, 2.05) is 0 Å². The number of nitrogens with one attached hydrogen (secondary N) is 1. The van der Waals surface area contributed by atoms with Crippen LogP contribution in [0.2, 0.25) is 0 Å². The van der Waals surface area contributed by atoms with E-state index < -0.39 is 11.7 Å². The van der Waals surface area contributed by atoms with Gasteiger partial charge in [-0.2, -0.15) is 18.3 Å². The fourth-order valence-corrected chi connectivity index (χ4v) is 1.52. The molecule has 0 unspecified atom stereocenters. The summed E-state index contributed by atoms with van der Waals surface area (Å²) in [6.07, 6.45) is -4.32. The zero-order chi connectivity index (χ0) is 12.6. The summed E-state index contributed by atoms with van der Waals surface area (Å²) in [6, 6.07) is 4.85. The molecule has 0 saturated carbocycles. The summed E-state index contributed by atoms with van der Waals surface area (Å²) >= 11 is 0. The summed E-state index contributed by atoms with van der Waals surface area (Å²) in [5.41, 5.74) is 6.87. The first-order chi connectivity index (χ1) is 7.89. The number of aromatic nitrogens is 2. The maximum absolute atomic E-state index is 12.4. The van der Waals surface area contributed by atoms with E-state index in [4.69, 9.17) is 5.73 Å². The first kappa shape index (κ1) is 11.5. The lowest BCUT2D eigenvalue weighted by Crippen LogP contribution is -2.04. The number of nitrogen functional groups attached to an aromatic ring is 1. The molecule has 1 aromatic carbocycles. The highest BCUT2D eigenvalue weighted by Gasteiger charge is 2.30. The van der Waals surface area contributed by atoms with Crippen molar-refractivity contribution in [2.75, 3.05) is 5.73 Å². The molecule has 0 fully saturated rings. The van der Waals surface area contributed by atoms with E-state index in [0.717, 1.165) is 17.7 Å². The molecule has 0 aliphatic heterocycles. The minimum Gasteiger partial charge on any atom is -0.382 e. The van der Waals surface area contributed by atoms with Crippen LogP contribution < -0.4 is 5.73 Å². The molecular formula is C11H10F3N3. The predicted molar refractivity (Wildman–Crippen MR) is 58.2 cm³/mol. The Morgan fingerprint density at radius 3 is 2.18 bits per heavy atom. The SMILES string of the molecule is Cc1c(N)n[nH]c1-c1ccc(C(F)(F)F)cc1. The third kappa shape index (κ3) is 2.11. The Bertz CT molecular complexity index is 526. The molecule has 0 aliphatic rings. The number of hydrogen-bond acceptors (Lipinski definition) is 2. The minimum absolute atomic E-state index is 0.347. The van der Waals surface area contributed by atoms with E-state index in [-0.39, 0.29) is 0 Å². The zero-order valence-electron chi connectivity index (χ0n) is 8.97. The average Bonchev–Trinajstić information content (AvgIpc) is 2.59. The third-order valence-corrected chi connectivity index (χ3v) is 2.55. The van der Waals surface area contributed by atoms with Gasteiger partial charge in [0.05, 0.1) is 11.3 Å². The van der Waals surface area contributed by atoms with Crippen LogP contribution >= 0.6 is 0 Å². The molecule has 0 radical (unpaired) electrons. The van der Waals surface area contributed by atoms with Crippen LogP contribution in [0.1, 0.15) is 11.1 Å². The Kier molecular flexibility index (Phi) is 2.57. The van der Waals surface area contributed by atoms with Crippen molar-refractivity contribution in [1.29, 1.82) is 0 Å². The highest BCUT2D eigenvalue weighted by Crippen LogP contribution is 2.31. The molecule has 3 N–H and O–H groups in total. The van der Waals surface area contributed by atoms with Crippen LogP contribution in [0.15, 0.2) is 24.3 Å². The van der Waals surface area contributed by atoms with Gasteiger partial charge >= 0.3 is 6.18 Å². The number of rotatable bonds is 1. The first-order valence-electron chi connectivity index (χ1n) is 4.87. The Morgan fingerprint density at radius 2 is 1.76 bits per heavy atom. The second kappa shape index (κ2) is 3.80. The van der Waals surface area contributed by atoms with Crippen molar-refractivity contribution in [2.45, 2.75) is 13.1 Å². The quantitative estimate of drug-likeness (QED) is 0.806. The summed E-state index contributed by atoms with van der Waals surface area (Å²) in [5.74, 6) is 0.347. The van der Waals surface area contributed by atoms with Crippen LogP contribution in [-0.2, 0) is 6.18 Å². The number of benzene rings is 1. The summed E-state index contributed by atoms with van der Waals surface area (Å²) < 4.78 is 37.1. The molecule has 0 bridgehead atoms. The largest absolute Gasteiger partial charge is 0.416 e. The molecule has 90 valence electrons. The molecule has 0 amide bonds. The first-order valence-corrected chi connectivity index (χ1v) is 4.87. The molecule has 1 aromatic heterocycles. The van der Waals surface area contributed by atoms with Crippen molar-refractivity contribution >= 4 is 5.82 Å². The topological polar surface area (TPSA) is 54.7 Å². The number of nitrogens with two attached hydrogens (primary N) is 1. The standard InChI is InChI=1S/C11H10F3N3/c1-6-9(16-17-10(6)15)7-2-4-8(5-3-7)11(12,13)14/h2-5H,1H3,(H3,15,16,17). The lowest BCUT2D eigenvalue weighted by atomic mass is 10.1. The lowest BCUT2D eigenvalue weighted by Gasteiger charge is -2.07. The van der Waals surface area contributed by atoms with Crippen molar-refractivity contribution < 1.29 is 13.2 Å². The summed E-state index contributed by atoms with van der Waals surface area (Å²) in [7, 11) is 0. The summed E-state index contributed by atoms with van der Waals surface area (Å²) in [5, 5.41) is 6.49.